The quantitative estimate of drug-likeness (QED) is 0.187. The minimum atomic E-state index is -1.23. The fraction of sp³-hybridized carbons (Fsp3) is 0.810. The summed E-state index contributed by atoms with van der Waals surface area (Å²) in [6, 6.07) is 0. The molecule has 0 aromatic rings. The zero-order valence-electron chi connectivity index (χ0n) is 17.3. The van der Waals surface area contributed by atoms with E-state index in [4.69, 9.17) is 10.2 Å². The van der Waals surface area contributed by atoms with E-state index in [1.807, 2.05) is 6.29 Å². The van der Waals surface area contributed by atoms with E-state index in [9.17, 15) is 9.59 Å². The summed E-state index contributed by atoms with van der Waals surface area (Å²) in [5.41, 5.74) is 0. The fourth-order valence-corrected chi connectivity index (χ4v) is 2.27. The minimum Gasteiger partial charge on any atom is -0.542 e. The molecule has 0 rings (SSSR count). The monoisotopic (exact) mass is 378 g/mol. The summed E-state index contributed by atoms with van der Waals surface area (Å²) >= 11 is 0. The second-order valence-corrected chi connectivity index (χ2v) is 6.49. The van der Waals surface area contributed by atoms with Crippen molar-refractivity contribution >= 4 is 12.3 Å². The second-order valence-electron chi connectivity index (χ2n) is 6.49. The summed E-state index contributed by atoms with van der Waals surface area (Å²) < 4.78 is 0. The molecule has 0 aliphatic rings. The van der Waals surface area contributed by atoms with E-state index >= 15 is 0 Å². The Kier molecular flexibility index (Phi) is 31.8. The van der Waals surface area contributed by atoms with Gasteiger partial charge >= 0.3 is 35.5 Å². The SMILES string of the molecule is CC(O)C(=O)O.CCCCCCCC/C=C\CCCCCCC[C-]=O.[Na+]. The molecule has 0 aromatic carbocycles. The Bertz CT molecular complexity index is 317. The number of carbonyl (C=O) groups is 1. The van der Waals surface area contributed by atoms with Gasteiger partial charge in [-0.25, -0.2) is 4.79 Å². The number of aliphatic carboxylic acids is 1. The number of aliphatic hydroxyl groups excluding tert-OH is 1. The summed E-state index contributed by atoms with van der Waals surface area (Å²) in [4.78, 5) is 19.5. The molecule has 26 heavy (non-hydrogen) atoms. The van der Waals surface area contributed by atoms with Crippen LogP contribution in [0.1, 0.15) is 104 Å². The van der Waals surface area contributed by atoms with Crippen LogP contribution >= 0.6 is 0 Å². The van der Waals surface area contributed by atoms with Gasteiger partial charge in [0.25, 0.3) is 0 Å². The normalized spacial score (nSPS) is 11.3. The first kappa shape index (κ1) is 30.6. The number of rotatable bonds is 16. The van der Waals surface area contributed by atoms with Crippen LogP contribution in [-0.4, -0.2) is 28.6 Å². The van der Waals surface area contributed by atoms with E-state index in [0.29, 0.717) is 6.42 Å². The Morgan fingerprint density at radius 3 is 1.65 bits per heavy atom. The topological polar surface area (TPSA) is 74.6 Å². The van der Waals surface area contributed by atoms with Gasteiger partial charge in [-0.3, -0.25) is 6.29 Å². The van der Waals surface area contributed by atoms with Crippen LogP contribution in [0, 0.1) is 0 Å². The molecule has 0 radical (unpaired) electrons. The average molecular weight is 379 g/mol. The molecule has 2 N–H and O–H groups in total. The number of unbranched alkanes of at least 4 members (excludes halogenated alkanes) is 12. The zero-order chi connectivity index (χ0) is 19.2. The summed E-state index contributed by atoms with van der Waals surface area (Å²) in [5.74, 6) is -1.19. The van der Waals surface area contributed by atoms with Crippen molar-refractivity contribution in [3.8, 4) is 0 Å². The molecule has 0 aliphatic carbocycles. The molecule has 0 aliphatic heterocycles. The van der Waals surface area contributed by atoms with Gasteiger partial charge in [-0.1, -0.05) is 76.9 Å². The number of allylic oxidation sites excluding steroid dienone is 2. The summed E-state index contributed by atoms with van der Waals surface area (Å²) in [6.07, 6.45) is 23.0. The van der Waals surface area contributed by atoms with Crippen molar-refractivity contribution in [2.45, 2.75) is 110 Å². The Morgan fingerprint density at radius 2 is 1.27 bits per heavy atom. The number of carboxylic acids is 1. The van der Waals surface area contributed by atoms with E-state index in [1.165, 1.54) is 84.0 Å². The van der Waals surface area contributed by atoms with Gasteiger partial charge in [0.2, 0.25) is 0 Å². The molecule has 148 valence electrons. The Hall–Kier alpha value is -0.160. The standard InChI is InChI=1S/C18H33O.C3H6O3.Na/c1-2-3-4-5-6-7-8-9-10-11-12-13-14-15-16-17-18-19;1-2(4)3(5)6;/h9-10H,2-8,11-17H2,1H3;2,4H,1H3,(H,5,6);/q-1;;+1/b10-9-;;. The van der Waals surface area contributed by atoms with Gasteiger partial charge in [0, 0.05) is 0 Å². The Morgan fingerprint density at radius 1 is 0.885 bits per heavy atom. The summed E-state index contributed by atoms with van der Waals surface area (Å²) in [5, 5.41) is 15.8. The number of carbonyl (C=O) groups excluding carboxylic acids is 1. The van der Waals surface area contributed by atoms with Crippen LogP contribution in [0.15, 0.2) is 12.2 Å². The van der Waals surface area contributed by atoms with E-state index in [2.05, 4.69) is 19.1 Å². The maximum atomic E-state index is 10.0. The van der Waals surface area contributed by atoms with E-state index < -0.39 is 12.1 Å². The number of hydrogen-bond acceptors (Lipinski definition) is 3. The molecule has 0 bridgehead atoms. The molecule has 0 fully saturated rings. The maximum absolute atomic E-state index is 10.0. The molecule has 0 saturated carbocycles. The molecule has 0 saturated heterocycles. The molecule has 4 nitrogen and oxygen atoms in total. The van der Waals surface area contributed by atoms with Gasteiger partial charge in [-0.05, 0) is 32.6 Å². The van der Waals surface area contributed by atoms with Gasteiger partial charge in [0.05, 0.1) is 0 Å². The van der Waals surface area contributed by atoms with Crippen LogP contribution in [0.3, 0.4) is 0 Å². The van der Waals surface area contributed by atoms with Crippen molar-refractivity contribution in [1.82, 2.24) is 0 Å². The van der Waals surface area contributed by atoms with Crippen LogP contribution in [0.4, 0.5) is 0 Å². The first-order valence-electron chi connectivity index (χ1n) is 9.97. The van der Waals surface area contributed by atoms with Crippen LogP contribution in [0.2, 0.25) is 0 Å². The van der Waals surface area contributed by atoms with Gasteiger partial charge in [-0.2, -0.15) is 6.42 Å². The van der Waals surface area contributed by atoms with Crippen molar-refractivity contribution in [2.24, 2.45) is 0 Å². The third kappa shape index (κ3) is 31.6. The first-order chi connectivity index (χ1) is 12.1. The van der Waals surface area contributed by atoms with E-state index in [1.54, 1.807) is 0 Å². The van der Waals surface area contributed by atoms with Crippen LogP contribution in [-0.2, 0) is 9.59 Å². The smallest absolute Gasteiger partial charge is 0.542 e. The van der Waals surface area contributed by atoms with E-state index in [-0.39, 0.29) is 29.6 Å². The molecular formula is C21H39NaO4. The van der Waals surface area contributed by atoms with Crippen molar-refractivity contribution < 1.29 is 49.4 Å². The van der Waals surface area contributed by atoms with Crippen LogP contribution in [0.5, 0.6) is 0 Å². The molecule has 0 aromatic heterocycles. The van der Waals surface area contributed by atoms with Gasteiger partial charge < -0.3 is 15.0 Å². The molecule has 1 unspecified atom stereocenters. The first-order valence-corrected chi connectivity index (χ1v) is 9.97. The molecule has 0 amide bonds. The van der Waals surface area contributed by atoms with Gasteiger partial charge in [0.15, 0.2) is 0 Å². The fourth-order valence-electron chi connectivity index (χ4n) is 2.27. The van der Waals surface area contributed by atoms with Crippen LogP contribution in [0.25, 0.3) is 0 Å². The van der Waals surface area contributed by atoms with Crippen LogP contribution < -0.4 is 29.6 Å². The predicted octanol–water partition coefficient (Wildman–Crippen LogP) is 2.59. The molecule has 0 spiro atoms. The average Bonchev–Trinajstić information content (AvgIpc) is 2.59. The maximum Gasteiger partial charge on any atom is 1.00 e. The Balaban J connectivity index is -0.000000649. The van der Waals surface area contributed by atoms with Crippen molar-refractivity contribution in [3.05, 3.63) is 12.2 Å². The third-order valence-corrected chi connectivity index (χ3v) is 3.90. The van der Waals surface area contributed by atoms with Crippen molar-refractivity contribution in [1.29, 1.82) is 0 Å². The molecule has 0 heterocycles. The van der Waals surface area contributed by atoms with Crippen molar-refractivity contribution in [2.75, 3.05) is 0 Å². The Labute approximate surface area is 183 Å². The number of hydrogen-bond donors (Lipinski definition) is 2. The molecule has 5 heteroatoms. The molecular weight excluding hydrogens is 339 g/mol. The zero-order valence-corrected chi connectivity index (χ0v) is 19.3. The molecule has 1 atom stereocenters. The number of aliphatic hydroxyl groups is 1. The summed E-state index contributed by atoms with van der Waals surface area (Å²) in [6.45, 7) is 3.46. The number of carboxylic acid groups (broad SMARTS) is 1. The minimum absolute atomic E-state index is 0. The second kappa shape index (κ2) is 27.1. The van der Waals surface area contributed by atoms with Crippen molar-refractivity contribution in [3.63, 3.8) is 0 Å². The van der Waals surface area contributed by atoms with Gasteiger partial charge in [0.1, 0.15) is 6.10 Å². The third-order valence-electron chi connectivity index (χ3n) is 3.90. The van der Waals surface area contributed by atoms with E-state index in [0.717, 1.165) is 6.42 Å². The summed E-state index contributed by atoms with van der Waals surface area (Å²) in [7, 11) is 0. The largest absolute Gasteiger partial charge is 1.00 e. The van der Waals surface area contributed by atoms with Gasteiger partial charge in [-0.15, -0.1) is 0 Å². The predicted molar refractivity (Wildman–Crippen MR) is 104 cm³/mol.